The van der Waals surface area contributed by atoms with Crippen LogP contribution in [0.2, 0.25) is 0 Å². The van der Waals surface area contributed by atoms with Crippen molar-refractivity contribution in [3.8, 4) is 0 Å². The van der Waals surface area contributed by atoms with Gasteiger partial charge in [-0.25, -0.2) is 9.79 Å². The Hall–Kier alpha value is -1.94. The zero-order valence-corrected chi connectivity index (χ0v) is 14.7. The first kappa shape index (κ1) is 15.9. The fraction of sp³-hybridized carbons (Fsp3) is 0.474. The van der Waals surface area contributed by atoms with Crippen LogP contribution in [-0.2, 0) is 9.53 Å². The SMILES string of the molecule is CCCC1=C2C(=NC(C(=O)OCC)=C2C)C=C2C(C)=C(C)C[NH+]21. The van der Waals surface area contributed by atoms with Crippen molar-refractivity contribution >= 4 is 11.7 Å². The van der Waals surface area contributed by atoms with E-state index >= 15 is 0 Å². The lowest BCUT2D eigenvalue weighted by Gasteiger charge is -2.25. The molecule has 3 aliphatic rings. The molecule has 0 radical (unpaired) electrons. The Labute approximate surface area is 137 Å². The molecule has 1 atom stereocenters. The van der Waals surface area contributed by atoms with Gasteiger partial charge in [0.2, 0.25) is 0 Å². The van der Waals surface area contributed by atoms with Crippen LogP contribution in [0.4, 0.5) is 0 Å². The number of nitrogens with one attached hydrogen (secondary N) is 1. The van der Waals surface area contributed by atoms with Crippen LogP contribution >= 0.6 is 0 Å². The maximum absolute atomic E-state index is 12.2. The zero-order chi connectivity index (χ0) is 16.7. The lowest BCUT2D eigenvalue weighted by atomic mass is 9.94. The summed E-state index contributed by atoms with van der Waals surface area (Å²) in [6.07, 6.45) is 4.27. The minimum Gasteiger partial charge on any atom is -0.461 e. The summed E-state index contributed by atoms with van der Waals surface area (Å²) >= 11 is 0. The predicted octanol–water partition coefficient (Wildman–Crippen LogP) is 2.46. The van der Waals surface area contributed by atoms with Crippen molar-refractivity contribution in [2.45, 2.75) is 47.5 Å². The molecular weight excluding hydrogens is 288 g/mol. The van der Waals surface area contributed by atoms with Crippen LogP contribution in [0.5, 0.6) is 0 Å². The predicted molar refractivity (Wildman–Crippen MR) is 91.0 cm³/mol. The van der Waals surface area contributed by atoms with Gasteiger partial charge in [0, 0.05) is 18.1 Å². The van der Waals surface area contributed by atoms with E-state index < -0.39 is 0 Å². The summed E-state index contributed by atoms with van der Waals surface area (Å²) < 4.78 is 5.17. The summed E-state index contributed by atoms with van der Waals surface area (Å²) in [7, 11) is 0. The summed E-state index contributed by atoms with van der Waals surface area (Å²) in [5, 5.41) is 0. The van der Waals surface area contributed by atoms with E-state index in [1.807, 2.05) is 13.8 Å². The number of esters is 1. The molecule has 122 valence electrons. The maximum atomic E-state index is 12.2. The number of ether oxygens (including phenoxy) is 1. The number of quaternary nitrogens is 1. The van der Waals surface area contributed by atoms with Crippen LogP contribution in [0.1, 0.15) is 47.5 Å². The molecule has 4 nitrogen and oxygen atoms in total. The Morgan fingerprint density at radius 3 is 2.65 bits per heavy atom. The second-order valence-corrected chi connectivity index (χ2v) is 6.41. The Balaban J connectivity index is 2.11. The summed E-state index contributed by atoms with van der Waals surface area (Å²) in [6, 6.07) is 0. The molecule has 4 heteroatoms. The molecule has 23 heavy (non-hydrogen) atoms. The number of fused-ring (bicyclic) bond motifs is 2. The van der Waals surface area contributed by atoms with Crippen LogP contribution in [0.3, 0.4) is 0 Å². The van der Waals surface area contributed by atoms with Crippen LogP contribution in [-0.4, -0.2) is 24.8 Å². The molecule has 0 aromatic rings. The second kappa shape index (κ2) is 5.93. The van der Waals surface area contributed by atoms with Gasteiger partial charge in [-0.1, -0.05) is 6.92 Å². The van der Waals surface area contributed by atoms with E-state index in [1.54, 1.807) is 0 Å². The molecule has 0 aliphatic carbocycles. The van der Waals surface area contributed by atoms with E-state index in [-0.39, 0.29) is 5.97 Å². The summed E-state index contributed by atoms with van der Waals surface area (Å²) in [6.45, 7) is 11.8. The number of carbonyl (C=O) groups excluding carboxylic acids is 1. The molecule has 0 aromatic carbocycles. The van der Waals surface area contributed by atoms with Crippen molar-refractivity contribution in [1.29, 1.82) is 0 Å². The van der Waals surface area contributed by atoms with Gasteiger partial charge in [0.05, 0.1) is 17.9 Å². The molecule has 0 aromatic heterocycles. The minimum atomic E-state index is -0.313. The molecule has 0 spiro atoms. The number of nitrogens with zero attached hydrogens (tertiary/aromatic N) is 1. The van der Waals surface area contributed by atoms with Crippen molar-refractivity contribution in [3.05, 3.63) is 45.5 Å². The monoisotopic (exact) mass is 313 g/mol. The van der Waals surface area contributed by atoms with Crippen LogP contribution in [0.15, 0.2) is 50.5 Å². The summed E-state index contributed by atoms with van der Waals surface area (Å²) in [5.41, 5.74) is 9.01. The van der Waals surface area contributed by atoms with Crippen molar-refractivity contribution in [3.63, 3.8) is 0 Å². The Bertz CT molecular complexity index is 732. The third-order valence-corrected chi connectivity index (χ3v) is 4.95. The third kappa shape index (κ3) is 2.41. The molecular formula is C19H25N2O2+. The number of hydrogen-bond donors (Lipinski definition) is 1. The lowest BCUT2D eigenvalue weighted by molar-refractivity contribution is -0.809. The van der Waals surface area contributed by atoms with Gasteiger partial charge in [-0.3, -0.25) is 4.90 Å². The minimum absolute atomic E-state index is 0.313. The number of carbonyl (C=O) groups is 1. The lowest BCUT2D eigenvalue weighted by Crippen LogP contribution is -3.07. The quantitative estimate of drug-likeness (QED) is 0.810. The van der Waals surface area contributed by atoms with Crippen molar-refractivity contribution in [2.75, 3.05) is 13.2 Å². The fourth-order valence-corrected chi connectivity index (χ4v) is 3.68. The normalized spacial score (nSPS) is 23.1. The van der Waals surface area contributed by atoms with Crippen LogP contribution < -0.4 is 4.90 Å². The van der Waals surface area contributed by atoms with Gasteiger partial charge < -0.3 is 4.74 Å². The number of allylic oxidation sites excluding steroid dienone is 5. The number of hydrogen-bond acceptors (Lipinski definition) is 3. The molecule has 1 N–H and O–H groups in total. The van der Waals surface area contributed by atoms with Gasteiger partial charge in [-0.15, -0.1) is 0 Å². The van der Waals surface area contributed by atoms with E-state index in [9.17, 15) is 4.79 Å². The van der Waals surface area contributed by atoms with Gasteiger partial charge in [0.25, 0.3) is 0 Å². The largest absolute Gasteiger partial charge is 0.461 e. The van der Waals surface area contributed by atoms with E-state index in [0.29, 0.717) is 12.3 Å². The van der Waals surface area contributed by atoms with E-state index in [1.165, 1.54) is 27.4 Å². The van der Waals surface area contributed by atoms with Gasteiger partial charge in [-0.05, 0) is 45.3 Å². The molecule has 0 bridgehead atoms. The highest BCUT2D eigenvalue weighted by Gasteiger charge is 2.40. The first-order valence-corrected chi connectivity index (χ1v) is 8.45. The topological polar surface area (TPSA) is 43.1 Å². The summed E-state index contributed by atoms with van der Waals surface area (Å²) in [4.78, 5) is 18.2. The molecule has 3 heterocycles. The maximum Gasteiger partial charge on any atom is 0.357 e. The van der Waals surface area contributed by atoms with Gasteiger partial charge >= 0.3 is 5.97 Å². The Morgan fingerprint density at radius 2 is 2.00 bits per heavy atom. The zero-order valence-electron chi connectivity index (χ0n) is 14.7. The first-order valence-electron chi connectivity index (χ1n) is 8.45. The Morgan fingerprint density at radius 1 is 1.26 bits per heavy atom. The second-order valence-electron chi connectivity index (χ2n) is 6.41. The van der Waals surface area contributed by atoms with Crippen molar-refractivity contribution < 1.29 is 14.4 Å². The van der Waals surface area contributed by atoms with Gasteiger partial charge in [0.15, 0.2) is 5.70 Å². The molecule has 1 unspecified atom stereocenters. The number of rotatable bonds is 4. The highest BCUT2D eigenvalue weighted by Crippen LogP contribution is 2.33. The molecule has 0 saturated heterocycles. The van der Waals surface area contributed by atoms with Crippen molar-refractivity contribution in [2.24, 2.45) is 4.99 Å². The van der Waals surface area contributed by atoms with Crippen LogP contribution in [0, 0.1) is 0 Å². The molecule has 0 fully saturated rings. The third-order valence-electron chi connectivity index (χ3n) is 4.95. The smallest absolute Gasteiger partial charge is 0.357 e. The average molecular weight is 313 g/mol. The highest BCUT2D eigenvalue weighted by molar-refractivity contribution is 6.18. The number of aliphatic imine (C=N–C) groups is 1. The highest BCUT2D eigenvalue weighted by atomic mass is 16.5. The van der Waals surface area contributed by atoms with E-state index in [4.69, 9.17) is 4.74 Å². The standard InChI is InChI=1S/C19H24N2O2/c1-6-8-15-17-13(5)18(19(22)23-7-2)20-14(17)9-16-12(4)11(3)10-21(15)16/h9H,6-8,10H2,1-5H3/p+1. The van der Waals surface area contributed by atoms with Crippen molar-refractivity contribution in [1.82, 2.24) is 0 Å². The fourth-order valence-electron chi connectivity index (χ4n) is 3.68. The average Bonchev–Trinajstić information content (AvgIpc) is 2.99. The molecule has 3 rings (SSSR count). The molecule has 0 saturated carbocycles. The van der Waals surface area contributed by atoms with Gasteiger partial charge in [0.1, 0.15) is 17.9 Å². The van der Waals surface area contributed by atoms with Gasteiger partial charge in [-0.2, -0.15) is 0 Å². The first-order chi connectivity index (χ1) is 11.0. The summed E-state index contributed by atoms with van der Waals surface area (Å²) in [5.74, 6) is -0.313. The molecule has 3 aliphatic heterocycles. The molecule has 0 amide bonds. The Kier molecular flexibility index (Phi) is 4.11. The van der Waals surface area contributed by atoms with E-state index in [0.717, 1.165) is 36.2 Å². The van der Waals surface area contributed by atoms with E-state index in [2.05, 4.69) is 31.8 Å². The van der Waals surface area contributed by atoms with Crippen LogP contribution in [0.25, 0.3) is 0 Å².